The number of hydrogen-bond acceptors (Lipinski definition) is 7. The molecule has 4 aromatic rings. The first-order valence-corrected chi connectivity index (χ1v) is 18.8. The summed E-state index contributed by atoms with van der Waals surface area (Å²) in [7, 11) is 3.28. The SMILES string of the molecule is C.COc1ccc2c(n1)C(CC(O)C1CCC3(CC1)CC3)n1cncc1-2.COc1ccc2c(n1)C(CCC1(F)CCC3(CC1)CC3)n1cncc1-2. The summed E-state index contributed by atoms with van der Waals surface area (Å²) in [6.45, 7) is 0. The summed E-state index contributed by atoms with van der Waals surface area (Å²) in [5, 5.41) is 10.9. The second kappa shape index (κ2) is 13.0. The molecule has 4 fully saturated rings. The zero-order valence-electron chi connectivity index (χ0n) is 29.4. The van der Waals surface area contributed by atoms with E-state index in [0.29, 0.717) is 41.3 Å². The van der Waals surface area contributed by atoms with Crippen LogP contribution in [0.25, 0.3) is 22.5 Å². The Kier molecular flexibility index (Phi) is 8.75. The van der Waals surface area contributed by atoms with E-state index >= 15 is 4.39 Å². The molecule has 10 heteroatoms. The van der Waals surface area contributed by atoms with E-state index < -0.39 is 5.67 Å². The van der Waals surface area contributed by atoms with Crippen LogP contribution in [-0.4, -0.2) is 60.2 Å². The molecule has 4 aliphatic carbocycles. The summed E-state index contributed by atoms with van der Waals surface area (Å²) in [4.78, 5) is 17.9. The first-order chi connectivity index (χ1) is 24.3. The van der Waals surface area contributed by atoms with Gasteiger partial charge in [-0.15, -0.1) is 0 Å². The van der Waals surface area contributed by atoms with E-state index in [0.717, 1.165) is 66.0 Å². The Morgan fingerprint density at radius 2 is 1.24 bits per heavy atom. The van der Waals surface area contributed by atoms with Gasteiger partial charge in [0, 0.05) is 29.7 Å². The van der Waals surface area contributed by atoms with E-state index in [1.165, 1.54) is 51.4 Å². The number of alkyl halides is 1. The van der Waals surface area contributed by atoms with Crippen LogP contribution in [-0.2, 0) is 0 Å². The lowest BCUT2D eigenvalue weighted by Gasteiger charge is -2.35. The topological polar surface area (TPSA) is 100 Å². The highest BCUT2D eigenvalue weighted by Crippen LogP contribution is 2.60. The van der Waals surface area contributed by atoms with Crippen molar-refractivity contribution in [2.24, 2.45) is 16.7 Å². The van der Waals surface area contributed by atoms with Crippen molar-refractivity contribution in [2.75, 3.05) is 14.2 Å². The Bertz CT molecular complexity index is 1860. The predicted molar refractivity (Wildman–Crippen MR) is 194 cm³/mol. The van der Waals surface area contributed by atoms with Gasteiger partial charge in [0.25, 0.3) is 0 Å². The molecule has 0 saturated heterocycles. The first kappa shape index (κ1) is 34.3. The van der Waals surface area contributed by atoms with Crippen LogP contribution in [0.3, 0.4) is 0 Å². The fraction of sp³-hybridized carbons (Fsp3) is 0.610. The largest absolute Gasteiger partial charge is 0.481 e. The number of ether oxygens (including phenoxy) is 2. The molecular weight excluding hydrogens is 643 g/mol. The minimum absolute atomic E-state index is 0. The van der Waals surface area contributed by atoms with Crippen LogP contribution in [0.5, 0.6) is 11.8 Å². The van der Waals surface area contributed by atoms with E-state index in [1.807, 2.05) is 43.2 Å². The number of pyridine rings is 2. The Hall–Kier alpha value is -3.79. The van der Waals surface area contributed by atoms with Crippen molar-refractivity contribution in [1.82, 2.24) is 29.1 Å². The molecule has 0 aromatic carbocycles. The normalized spacial score (nSPS) is 26.2. The smallest absolute Gasteiger partial charge is 0.213 e. The number of fused-ring (bicyclic) bond motifs is 6. The van der Waals surface area contributed by atoms with Gasteiger partial charge in [-0.05, 0) is 119 Å². The lowest BCUT2D eigenvalue weighted by molar-refractivity contribution is 0.0555. The summed E-state index contributed by atoms with van der Waals surface area (Å²) in [5.41, 5.74) is 6.56. The maximum Gasteiger partial charge on any atom is 0.213 e. The van der Waals surface area contributed by atoms with E-state index in [4.69, 9.17) is 9.47 Å². The van der Waals surface area contributed by atoms with Crippen molar-refractivity contribution in [3.8, 4) is 34.3 Å². The molecule has 6 heterocycles. The van der Waals surface area contributed by atoms with E-state index in [9.17, 15) is 5.11 Å². The predicted octanol–water partition coefficient (Wildman–Crippen LogP) is 8.91. The van der Waals surface area contributed by atoms with Crippen molar-refractivity contribution in [2.45, 2.75) is 128 Å². The lowest BCUT2D eigenvalue weighted by Crippen LogP contribution is -2.31. The summed E-state index contributed by atoms with van der Waals surface area (Å²) >= 11 is 0. The molecule has 9 nitrogen and oxygen atoms in total. The molecule has 51 heavy (non-hydrogen) atoms. The molecule has 0 bridgehead atoms. The number of aromatic nitrogens is 6. The average Bonchev–Trinajstić information content (AvgIpc) is 3.82. The van der Waals surface area contributed by atoms with Crippen molar-refractivity contribution >= 4 is 0 Å². The summed E-state index contributed by atoms with van der Waals surface area (Å²) in [5.74, 6) is 1.67. The zero-order chi connectivity index (χ0) is 34.1. The van der Waals surface area contributed by atoms with Gasteiger partial charge in [0.05, 0.1) is 80.2 Å². The Morgan fingerprint density at radius 1 is 0.745 bits per heavy atom. The van der Waals surface area contributed by atoms with Crippen LogP contribution < -0.4 is 9.47 Å². The molecule has 3 unspecified atom stereocenters. The zero-order valence-corrected chi connectivity index (χ0v) is 29.4. The van der Waals surface area contributed by atoms with Gasteiger partial charge >= 0.3 is 0 Å². The van der Waals surface area contributed by atoms with Gasteiger partial charge in [-0.25, -0.2) is 24.3 Å². The maximum atomic E-state index is 15.4. The van der Waals surface area contributed by atoms with E-state index in [-0.39, 0.29) is 25.6 Å². The molecule has 272 valence electrons. The number of halogens is 1. The molecule has 6 aliphatic rings. The van der Waals surface area contributed by atoms with Gasteiger partial charge in [0.2, 0.25) is 11.8 Å². The second-order valence-electron chi connectivity index (χ2n) is 16.3. The minimum Gasteiger partial charge on any atom is -0.481 e. The van der Waals surface area contributed by atoms with E-state index in [1.54, 1.807) is 14.2 Å². The Labute approximate surface area is 301 Å². The van der Waals surface area contributed by atoms with Gasteiger partial charge in [0.1, 0.15) is 5.67 Å². The quantitative estimate of drug-likeness (QED) is 0.196. The van der Waals surface area contributed by atoms with Crippen LogP contribution in [0.1, 0.15) is 127 Å². The number of aliphatic hydroxyl groups excluding tert-OH is 1. The number of rotatable bonds is 8. The molecule has 0 radical (unpaired) electrons. The van der Waals surface area contributed by atoms with Crippen molar-refractivity contribution < 1.29 is 19.0 Å². The van der Waals surface area contributed by atoms with Crippen LogP contribution >= 0.6 is 0 Å². The van der Waals surface area contributed by atoms with Crippen LogP contribution in [0.4, 0.5) is 4.39 Å². The van der Waals surface area contributed by atoms with Gasteiger partial charge in [-0.1, -0.05) is 7.43 Å². The highest BCUT2D eigenvalue weighted by molar-refractivity contribution is 5.68. The standard InChI is InChI=1S/C20H24FN3O.C20H25N3O2.CH4/c1-25-17-3-2-14-16-12-22-13-24(16)15(18(14)23-17)4-5-20(21)10-8-19(6-7-19)9-11-20;1-25-18-3-2-14-16-11-21-12-23(16)15(19(14)22-18)10-17(24)13-4-6-20(7-5-13)8-9-20;/h2-3,12-13,15H,4-11H2,1H3;2-3,11-13,15,17,24H,4-10H2,1H3;1H4. The highest BCUT2D eigenvalue weighted by Gasteiger charge is 2.50. The summed E-state index contributed by atoms with van der Waals surface area (Å²) in [6, 6.07) is 7.98. The highest BCUT2D eigenvalue weighted by atomic mass is 19.1. The Balaban J connectivity index is 0.000000144. The molecule has 1 N–H and O–H groups in total. The van der Waals surface area contributed by atoms with Gasteiger partial charge in [0.15, 0.2) is 0 Å². The number of imidazole rings is 2. The molecule has 2 aliphatic heterocycles. The lowest BCUT2D eigenvalue weighted by atomic mass is 9.75. The molecule has 4 saturated carbocycles. The van der Waals surface area contributed by atoms with Gasteiger partial charge in [-0.2, -0.15) is 0 Å². The maximum absolute atomic E-state index is 15.4. The molecule has 10 rings (SSSR count). The molecule has 3 atom stereocenters. The molecule has 4 aromatic heterocycles. The number of aliphatic hydroxyl groups is 1. The van der Waals surface area contributed by atoms with E-state index in [2.05, 4.69) is 35.1 Å². The van der Waals surface area contributed by atoms with Crippen molar-refractivity contribution in [1.29, 1.82) is 0 Å². The van der Waals surface area contributed by atoms with Gasteiger partial charge < -0.3 is 23.7 Å². The monoisotopic (exact) mass is 696 g/mol. The third-order valence-electron chi connectivity index (χ3n) is 13.5. The average molecular weight is 697 g/mol. The number of methoxy groups -OCH3 is 2. The van der Waals surface area contributed by atoms with Crippen molar-refractivity contribution in [3.63, 3.8) is 0 Å². The van der Waals surface area contributed by atoms with Crippen LogP contribution in [0.15, 0.2) is 49.3 Å². The van der Waals surface area contributed by atoms with Gasteiger partial charge in [-0.3, -0.25) is 0 Å². The second-order valence-corrected chi connectivity index (χ2v) is 16.3. The van der Waals surface area contributed by atoms with Crippen LogP contribution in [0, 0.1) is 16.7 Å². The third-order valence-corrected chi connectivity index (χ3v) is 13.5. The fourth-order valence-electron chi connectivity index (χ4n) is 9.65. The van der Waals surface area contributed by atoms with Crippen LogP contribution in [0.2, 0.25) is 0 Å². The molecule has 0 amide bonds. The molecular formula is C41H53FN6O3. The third kappa shape index (κ3) is 6.25. The summed E-state index contributed by atoms with van der Waals surface area (Å²) < 4.78 is 30.3. The molecule has 2 spiro atoms. The number of nitrogens with zero attached hydrogens (tertiary/aromatic N) is 6. The fourth-order valence-corrected chi connectivity index (χ4v) is 9.65. The number of hydrogen-bond donors (Lipinski definition) is 1. The van der Waals surface area contributed by atoms with Crippen molar-refractivity contribution in [3.05, 3.63) is 60.7 Å². The minimum atomic E-state index is -1.00. The summed E-state index contributed by atoms with van der Waals surface area (Å²) in [6.07, 6.45) is 23.3. The first-order valence-electron chi connectivity index (χ1n) is 18.8. The Morgan fingerprint density at radius 3 is 1.76 bits per heavy atom.